The Morgan fingerprint density at radius 3 is 2.62 bits per heavy atom. The summed E-state index contributed by atoms with van der Waals surface area (Å²) in [6, 6.07) is 1.98. The molecule has 0 saturated heterocycles. The van der Waals surface area contributed by atoms with E-state index in [0.717, 1.165) is 36.8 Å². The molecule has 0 unspecified atom stereocenters. The molecule has 1 fully saturated rings. The van der Waals surface area contributed by atoms with Crippen LogP contribution in [0.25, 0.3) is 0 Å². The van der Waals surface area contributed by atoms with Crippen molar-refractivity contribution in [1.29, 1.82) is 0 Å². The summed E-state index contributed by atoms with van der Waals surface area (Å²) in [5.41, 5.74) is 8.57. The first kappa shape index (κ1) is 11.9. The monoisotopic (exact) mass is 241 g/mol. The summed E-state index contributed by atoms with van der Waals surface area (Å²) in [5.74, 6) is -0.279. The van der Waals surface area contributed by atoms with Gasteiger partial charge in [-0.25, -0.2) is 4.39 Å². The molecule has 1 aromatic rings. The number of halogens is 2. The summed E-state index contributed by atoms with van der Waals surface area (Å²) in [6.07, 6.45) is 3.98. The van der Waals surface area contributed by atoms with Crippen LogP contribution in [0.3, 0.4) is 0 Å². The van der Waals surface area contributed by atoms with Gasteiger partial charge in [0.25, 0.3) is 0 Å². The maximum Gasteiger partial charge on any atom is 0.145 e. The molecule has 0 radical (unpaired) electrons. The number of hydrogen-bond acceptors (Lipinski definition) is 1. The molecule has 2 N–H and O–H groups in total. The lowest BCUT2D eigenvalue weighted by Gasteiger charge is -2.13. The van der Waals surface area contributed by atoms with Crippen LogP contribution in [0.5, 0.6) is 0 Å². The second-order valence-corrected chi connectivity index (χ2v) is 5.35. The van der Waals surface area contributed by atoms with Crippen molar-refractivity contribution in [2.24, 2.45) is 5.73 Å². The van der Waals surface area contributed by atoms with Gasteiger partial charge in [0.05, 0.1) is 5.02 Å². The Balaban J connectivity index is 2.20. The van der Waals surface area contributed by atoms with Gasteiger partial charge in [-0.3, -0.25) is 0 Å². The van der Waals surface area contributed by atoms with Crippen molar-refractivity contribution in [2.75, 3.05) is 0 Å². The number of rotatable bonds is 3. The third-order valence-electron chi connectivity index (χ3n) is 3.53. The van der Waals surface area contributed by atoms with E-state index in [1.807, 2.05) is 13.0 Å². The van der Waals surface area contributed by atoms with Gasteiger partial charge in [0.1, 0.15) is 5.82 Å². The van der Waals surface area contributed by atoms with Gasteiger partial charge in [-0.15, -0.1) is 0 Å². The zero-order valence-corrected chi connectivity index (χ0v) is 10.5. The van der Waals surface area contributed by atoms with Crippen molar-refractivity contribution in [3.63, 3.8) is 0 Å². The Bertz CT molecular complexity index is 424. The van der Waals surface area contributed by atoms with Crippen LogP contribution in [0.1, 0.15) is 36.0 Å². The summed E-state index contributed by atoms with van der Waals surface area (Å²) in [7, 11) is 0. The average molecular weight is 242 g/mol. The fourth-order valence-electron chi connectivity index (χ4n) is 1.97. The Kier molecular flexibility index (Phi) is 2.97. The number of hydrogen-bond donors (Lipinski definition) is 1. The van der Waals surface area contributed by atoms with E-state index in [-0.39, 0.29) is 16.4 Å². The maximum absolute atomic E-state index is 13.7. The molecule has 1 aliphatic rings. The molecule has 0 bridgehead atoms. The molecule has 0 amide bonds. The highest BCUT2D eigenvalue weighted by Crippen LogP contribution is 2.37. The predicted octanol–water partition coefficient (Wildman–Crippen LogP) is 3.52. The van der Waals surface area contributed by atoms with Crippen LogP contribution < -0.4 is 5.73 Å². The molecule has 88 valence electrons. The topological polar surface area (TPSA) is 26.0 Å². The van der Waals surface area contributed by atoms with Gasteiger partial charge in [0, 0.05) is 5.54 Å². The third kappa shape index (κ3) is 2.23. The molecule has 3 heteroatoms. The first-order valence-corrected chi connectivity index (χ1v) is 6.04. The van der Waals surface area contributed by atoms with Gasteiger partial charge in [0.2, 0.25) is 0 Å². The van der Waals surface area contributed by atoms with Crippen LogP contribution in [-0.2, 0) is 6.42 Å². The minimum atomic E-state index is -0.279. The molecule has 0 aliphatic heterocycles. The first-order chi connectivity index (χ1) is 7.43. The standard InChI is InChI=1S/C13H17ClFN/c1-8-7-10(3-4-13(16)5-6-13)9(2)12(15)11(8)14/h7H,3-6,16H2,1-2H3. The van der Waals surface area contributed by atoms with E-state index in [4.69, 9.17) is 17.3 Å². The van der Waals surface area contributed by atoms with Crippen LogP contribution >= 0.6 is 11.6 Å². The highest BCUT2D eigenvalue weighted by Gasteiger charge is 2.37. The number of nitrogens with two attached hydrogens (primary N) is 1. The molecule has 2 rings (SSSR count). The molecule has 16 heavy (non-hydrogen) atoms. The van der Waals surface area contributed by atoms with E-state index in [2.05, 4.69) is 0 Å². The van der Waals surface area contributed by atoms with Crippen molar-refractivity contribution in [1.82, 2.24) is 0 Å². The quantitative estimate of drug-likeness (QED) is 0.861. The smallest absolute Gasteiger partial charge is 0.145 e. The lowest BCUT2D eigenvalue weighted by molar-refractivity contribution is 0.592. The molecule has 0 atom stereocenters. The van der Waals surface area contributed by atoms with Gasteiger partial charge in [-0.05, 0) is 56.2 Å². The summed E-state index contributed by atoms with van der Waals surface area (Å²) in [4.78, 5) is 0. The van der Waals surface area contributed by atoms with E-state index in [1.54, 1.807) is 6.92 Å². The van der Waals surface area contributed by atoms with Crippen molar-refractivity contribution < 1.29 is 4.39 Å². The second kappa shape index (κ2) is 4.01. The van der Waals surface area contributed by atoms with Crippen molar-refractivity contribution >= 4 is 11.6 Å². The van der Waals surface area contributed by atoms with E-state index in [1.165, 1.54) is 0 Å². The van der Waals surface area contributed by atoms with Crippen LogP contribution in [0, 0.1) is 19.7 Å². The Labute approximate surface area is 101 Å². The molecule has 0 heterocycles. The Hall–Kier alpha value is -0.600. The van der Waals surface area contributed by atoms with E-state index >= 15 is 0 Å². The zero-order valence-electron chi connectivity index (χ0n) is 9.74. The van der Waals surface area contributed by atoms with Crippen LogP contribution in [0.2, 0.25) is 5.02 Å². The summed E-state index contributed by atoms with van der Waals surface area (Å²) >= 11 is 5.86. The van der Waals surface area contributed by atoms with E-state index in [0.29, 0.717) is 5.56 Å². The van der Waals surface area contributed by atoms with Gasteiger partial charge in [-0.2, -0.15) is 0 Å². The number of benzene rings is 1. The molecule has 1 saturated carbocycles. The van der Waals surface area contributed by atoms with Gasteiger partial charge >= 0.3 is 0 Å². The number of aryl methyl sites for hydroxylation is 2. The predicted molar refractivity (Wildman–Crippen MR) is 65.4 cm³/mol. The van der Waals surface area contributed by atoms with Crippen LogP contribution in [0.15, 0.2) is 6.07 Å². The largest absolute Gasteiger partial charge is 0.325 e. The van der Waals surface area contributed by atoms with Crippen molar-refractivity contribution in [3.05, 3.63) is 33.6 Å². The SMILES string of the molecule is Cc1cc(CCC2(N)CC2)c(C)c(F)c1Cl. The highest BCUT2D eigenvalue weighted by atomic mass is 35.5. The average Bonchev–Trinajstić information content (AvgIpc) is 2.98. The third-order valence-corrected chi connectivity index (χ3v) is 3.99. The zero-order chi connectivity index (χ0) is 11.9. The fraction of sp³-hybridized carbons (Fsp3) is 0.538. The maximum atomic E-state index is 13.7. The van der Waals surface area contributed by atoms with E-state index < -0.39 is 0 Å². The highest BCUT2D eigenvalue weighted by molar-refractivity contribution is 6.31. The normalized spacial score (nSPS) is 17.6. The fourth-order valence-corrected chi connectivity index (χ4v) is 2.16. The minimum absolute atomic E-state index is 0.0243. The van der Waals surface area contributed by atoms with Crippen molar-refractivity contribution in [2.45, 2.75) is 45.1 Å². The summed E-state index contributed by atoms with van der Waals surface area (Å²) in [6.45, 7) is 3.62. The Morgan fingerprint density at radius 2 is 2.06 bits per heavy atom. The van der Waals surface area contributed by atoms with Crippen LogP contribution in [-0.4, -0.2) is 5.54 Å². The first-order valence-electron chi connectivity index (χ1n) is 5.66. The van der Waals surface area contributed by atoms with Gasteiger partial charge in [0.15, 0.2) is 0 Å². The lowest BCUT2D eigenvalue weighted by Crippen LogP contribution is -2.22. The van der Waals surface area contributed by atoms with Crippen LogP contribution in [0.4, 0.5) is 4.39 Å². The van der Waals surface area contributed by atoms with Gasteiger partial charge < -0.3 is 5.73 Å². The van der Waals surface area contributed by atoms with E-state index in [9.17, 15) is 4.39 Å². The molecule has 1 aliphatic carbocycles. The molecular formula is C13H17ClFN. The minimum Gasteiger partial charge on any atom is -0.325 e. The van der Waals surface area contributed by atoms with Gasteiger partial charge in [-0.1, -0.05) is 17.7 Å². The Morgan fingerprint density at radius 1 is 1.44 bits per heavy atom. The molecule has 0 spiro atoms. The molecule has 0 aromatic heterocycles. The lowest BCUT2D eigenvalue weighted by atomic mass is 9.98. The molecular weight excluding hydrogens is 225 g/mol. The second-order valence-electron chi connectivity index (χ2n) is 4.97. The summed E-state index contributed by atoms with van der Waals surface area (Å²) in [5, 5.41) is 0.245. The van der Waals surface area contributed by atoms with Crippen molar-refractivity contribution in [3.8, 4) is 0 Å². The molecule has 1 aromatic carbocycles. The summed E-state index contributed by atoms with van der Waals surface area (Å²) < 4.78 is 13.7. The molecule has 1 nitrogen and oxygen atoms in total.